The molecule has 1 aliphatic rings. The topological polar surface area (TPSA) is 45.2 Å². The highest BCUT2D eigenvalue weighted by molar-refractivity contribution is 7.13. The average Bonchev–Trinajstić information content (AvgIpc) is 3.15. The van der Waals surface area contributed by atoms with Crippen LogP contribution in [0.15, 0.2) is 30.3 Å². The predicted molar refractivity (Wildman–Crippen MR) is 90.6 cm³/mol. The van der Waals surface area contributed by atoms with Crippen LogP contribution < -0.4 is 5.32 Å². The van der Waals surface area contributed by atoms with Crippen molar-refractivity contribution in [2.24, 2.45) is 0 Å². The lowest BCUT2D eigenvalue weighted by molar-refractivity contribution is 0.103. The molecule has 4 nitrogen and oxygen atoms in total. The highest BCUT2D eigenvalue weighted by atomic mass is 32.1. The van der Waals surface area contributed by atoms with Gasteiger partial charge in [0.15, 0.2) is 0 Å². The molecule has 5 heteroatoms. The summed E-state index contributed by atoms with van der Waals surface area (Å²) < 4.78 is 0. The van der Waals surface area contributed by atoms with E-state index in [1.165, 1.54) is 37.3 Å². The summed E-state index contributed by atoms with van der Waals surface area (Å²) in [5, 5.41) is 3.99. The van der Waals surface area contributed by atoms with E-state index >= 15 is 0 Å². The van der Waals surface area contributed by atoms with Crippen molar-refractivity contribution >= 4 is 22.9 Å². The Labute approximate surface area is 135 Å². The van der Waals surface area contributed by atoms with Gasteiger partial charge in [-0.2, -0.15) is 0 Å². The number of hydrogen-bond donors (Lipinski definition) is 1. The van der Waals surface area contributed by atoms with Gasteiger partial charge < -0.3 is 10.2 Å². The minimum Gasteiger partial charge on any atom is -0.321 e. The molecule has 1 aromatic heterocycles. The summed E-state index contributed by atoms with van der Waals surface area (Å²) >= 11 is 1.52. The molecule has 1 aromatic carbocycles. The van der Waals surface area contributed by atoms with Crippen molar-refractivity contribution in [3.05, 3.63) is 45.9 Å². The fourth-order valence-electron chi connectivity index (χ4n) is 2.74. The fourth-order valence-corrected chi connectivity index (χ4v) is 3.69. The number of likely N-dealkylation sites (tertiary alicyclic amines) is 1. The molecule has 2 aromatic rings. The largest absolute Gasteiger partial charge is 0.321 e. The second-order valence-electron chi connectivity index (χ2n) is 5.64. The van der Waals surface area contributed by atoms with Crippen LogP contribution in [0.2, 0.25) is 0 Å². The third kappa shape index (κ3) is 3.72. The lowest BCUT2D eigenvalue weighted by atomic mass is 10.3. The van der Waals surface area contributed by atoms with Gasteiger partial charge in [-0.25, -0.2) is 4.98 Å². The maximum absolute atomic E-state index is 12.4. The van der Waals surface area contributed by atoms with Gasteiger partial charge in [0.25, 0.3) is 5.91 Å². The number of anilines is 1. The molecule has 22 heavy (non-hydrogen) atoms. The molecule has 3 rings (SSSR count). The SMILES string of the molecule is Cc1nc(CCN2CCCC2)sc1C(=O)Nc1ccccc1. The normalized spacial score (nSPS) is 15.1. The van der Waals surface area contributed by atoms with Crippen molar-refractivity contribution in [2.45, 2.75) is 26.2 Å². The molecule has 0 spiro atoms. The standard InChI is InChI=1S/C17H21N3OS/c1-13-16(17(21)19-14-7-3-2-4-8-14)22-15(18-13)9-12-20-10-5-6-11-20/h2-4,7-8H,5-6,9-12H2,1H3,(H,19,21). The molecule has 1 saturated heterocycles. The predicted octanol–water partition coefficient (Wildman–Crippen LogP) is 3.34. The Morgan fingerprint density at radius 3 is 2.73 bits per heavy atom. The van der Waals surface area contributed by atoms with Crippen LogP contribution in [0.25, 0.3) is 0 Å². The van der Waals surface area contributed by atoms with E-state index in [1.807, 2.05) is 37.3 Å². The van der Waals surface area contributed by atoms with Crippen molar-refractivity contribution in [3.8, 4) is 0 Å². The Morgan fingerprint density at radius 1 is 1.27 bits per heavy atom. The Bertz CT molecular complexity index is 633. The Hall–Kier alpha value is -1.72. The molecule has 0 aliphatic carbocycles. The van der Waals surface area contributed by atoms with Crippen LogP contribution in [0.5, 0.6) is 0 Å². The summed E-state index contributed by atoms with van der Waals surface area (Å²) in [7, 11) is 0. The lowest BCUT2D eigenvalue weighted by Gasteiger charge is -2.12. The first-order chi connectivity index (χ1) is 10.7. The first-order valence-electron chi connectivity index (χ1n) is 7.77. The number of carbonyl (C=O) groups is 1. The van der Waals surface area contributed by atoms with Crippen LogP contribution >= 0.6 is 11.3 Å². The fraction of sp³-hybridized carbons (Fsp3) is 0.412. The van der Waals surface area contributed by atoms with E-state index in [0.717, 1.165) is 34.2 Å². The zero-order chi connectivity index (χ0) is 15.4. The highest BCUT2D eigenvalue weighted by Crippen LogP contribution is 2.21. The first-order valence-corrected chi connectivity index (χ1v) is 8.59. The number of aryl methyl sites for hydroxylation is 1. The molecule has 1 amide bonds. The number of thiazole rings is 1. The molecule has 116 valence electrons. The van der Waals surface area contributed by atoms with Gasteiger partial charge in [0.2, 0.25) is 0 Å². The molecular formula is C17H21N3OS. The molecule has 0 atom stereocenters. The number of rotatable bonds is 5. The van der Waals surface area contributed by atoms with Gasteiger partial charge in [-0.05, 0) is 45.0 Å². The van der Waals surface area contributed by atoms with Crippen molar-refractivity contribution in [1.82, 2.24) is 9.88 Å². The quantitative estimate of drug-likeness (QED) is 0.920. The van der Waals surface area contributed by atoms with E-state index in [1.54, 1.807) is 0 Å². The molecule has 2 heterocycles. The summed E-state index contributed by atoms with van der Waals surface area (Å²) in [6, 6.07) is 9.54. The molecule has 1 N–H and O–H groups in total. The summed E-state index contributed by atoms with van der Waals surface area (Å²) in [5.74, 6) is -0.0615. The number of nitrogens with zero attached hydrogens (tertiary/aromatic N) is 2. The van der Waals surface area contributed by atoms with Crippen LogP contribution in [-0.2, 0) is 6.42 Å². The van der Waals surface area contributed by atoms with Crippen molar-refractivity contribution in [2.75, 3.05) is 25.0 Å². The molecular weight excluding hydrogens is 294 g/mol. The Morgan fingerprint density at radius 2 is 2.00 bits per heavy atom. The maximum Gasteiger partial charge on any atom is 0.267 e. The summed E-state index contributed by atoms with van der Waals surface area (Å²) in [5.41, 5.74) is 1.65. The number of aromatic nitrogens is 1. The number of nitrogens with one attached hydrogen (secondary N) is 1. The van der Waals surface area contributed by atoms with E-state index in [4.69, 9.17) is 0 Å². The van der Waals surface area contributed by atoms with Gasteiger partial charge in [-0.15, -0.1) is 11.3 Å². The van der Waals surface area contributed by atoms with Gasteiger partial charge in [0, 0.05) is 18.7 Å². The molecule has 1 aliphatic heterocycles. The van der Waals surface area contributed by atoms with Crippen molar-refractivity contribution in [1.29, 1.82) is 0 Å². The summed E-state index contributed by atoms with van der Waals surface area (Å²) in [4.78, 5) is 20.1. The molecule has 1 fully saturated rings. The molecule has 0 saturated carbocycles. The second kappa shape index (κ2) is 7.03. The number of amides is 1. The van der Waals surface area contributed by atoms with Crippen molar-refractivity contribution < 1.29 is 4.79 Å². The average molecular weight is 315 g/mol. The minimum absolute atomic E-state index is 0.0615. The van der Waals surface area contributed by atoms with E-state index < -0.39 is 0 Å². The Balaban J connectivity index is 1.62. The van der Waals surface area contributed by atoms with Gasteiger partial charge >= 0.3 is 0 Å². The zero-order valence-electron chi connectivity index (χ0n) is 12.8. The number of para-hydroxylation sites is 1. The van der Waals surface area contributed by atoms with Crippen molar-refractivity contribution in [3.63, 3.8) is 0 Å². The van der Waals surface area contributed by atoms with Crippen LogP contribution in [-0.4, -0.2) is 35.4 Å². The highest BCUT2D eigenvalue weighted by Gasteiger charge is 2.17. The Kier molecular flexibility index (Phi) is 4.85. The third-order valence-corrected chi connectivity index (χ3v) is 5.14. The monoisotopic (exact) mass is 315 g/mol. The molecule has 0 radical (unpaired) electrons. The maximum atomic E-state index is 12.4. The lowest BCUT2D eigenvalue weighted by Crippen LogP contribution is -2.21. The first kappa shape index (κ1) is 15.2. The van der Waals surface area contributed by atoms with Gasteiger partial charge in [-0.1, -0.05) is 18.2 Å². The summed E-state index contributed by atoms with van der Waals surface area (Å²) in [6.45, 7) is 5.36. The zero-order valence-corrected chi connectivity index (χ0v) is 13.7. The van der Waals surface area contributed by atoms with Gasteiger partial charge in [-0.3, -0.25) is 4.79 Å². The van der Waals surface area contributed by atoms with Crippen LogP contribution in [0, 0.1) is 6.92 Å². The van der Waals surface area contributed by atoms with Gasteiger partial charge in [0.1, 0.15) is 4.88 Å². The van der Waals surface area contributed by atoms with E-state index in [0.29, 0.717) is 0 Å². The van der Waals surface area contributed by atoms with Crippen LogP contribution in [0.1, 0.15) is 33.2 Å². The third-order valence-electron chi connectivity index (χ3n) is 3.92. The second-order valence-corrected chi connectivity index (χ2v) is 6.72. The van der Waals surface area contributed by atoms with Gasteiger partial charge in [0.05, 0.1) is 10.7 Å². The van der Waals surface area contributed by atoms with E-state index in [9.17, 15) is 4.79 Å². The van der Waals surface area contributed by atoms with E-state index in [2.05, 4.69) is 15.2 Å². The van der Waals surface area contributed by atoms with Crippen LogP contribution in [0.3, 0.4) is 0 Å². The smallest absolute Gasteiger partial charge is 0.267 e. The number of benzene rings is 1. The minimum atomic E-state index is -0.0615. The van der Waals surface area contributed by atoms with E-state index in [-0.39, 0.29) is 5.91 Å². The summed E-state index contributed by atoms with van der Waals surface area (Å²) in [6.07, 6.45) is 3.55. The molecule has 0 unspecified atom stereocenters. The van der Waals surface area contributed by atoms with Crippen LogP contribution in [0.4, 0.5) is 5.69 Å². The molecule has 0 bridgehead atoms. The number of hydrogen-bond acceptors (Lipinski definition) is 4. The number of carbonyl (C=O) groups excluding carboxylic acids is 1.